The van der Waals surface area contributed by atoms with Gasteiger partial charge < -0.3 is 24.9 Å². The Morgan fingerprint density at radius 1 is 1.23 bits per heavy atom. The van der Waals surface area contributed by atoms with Crippen molar-refractivity contribution in [3.63, 3.8) is 0 Å². The first-order valence-corrected chi connectivity index (χ1v) is 10.9. The Hall–Kier alpha value is -1.77. The Bertz CT molecular complexity index is 992. The number of aliphatic hydroxyl groups is 1. The quantitative estimate of drug-likeness (QED) is 0.340. The standard InChI is InChI=1S/C23H27N3O3S.Na/c1-3-12-30-23-24-13-19(15-27)26(23)14-17-8-10-18(11-9-17)25-21(22(28)29)20-7-5-4-6-16(20)2;/h4-11,13,21,25,27H,3,12,14-15H2,1-2H3,(H,28,29);/q;+1/p-1. The summed E-state index contributed by atoms with van der Waals surface area (Å²) in [4.78, 5) is 16.1. The van der Waals surface area contributed by atoms with E-state index in [2.05, 4.69) is 17.2 Å². The van der Waals surface area contributed by atoms with E-state index in [1.54, 1.807) is 24.0 Å². The van der Waals surface area contributed by atoms with E-state index in [-0.39, 0.29) is 36.2 Å². The molecule has 2 aromatic carbocycles. The predicted octanol–water partition coefficient (Wildman–Crippen LogP) is 0.141. The van der Waals surface area contributed by atoms with Crippen molar-refractivity contribution < 1.29 is 44.6 Å². The van der Waals surface area contributed by atoms with Crippen molar-refractivity contribution in [1.29, 1.82) is 0 Å². The monoisotopic (exact) mass is 447 g/mol. The average Bonchev–Trinajstić information content (AvgIpc) is 3.13. The summed E-state index contributed by atoms with van der Waals surface area (Å²) in [6.45, 7) is 4.52. The molecule has 0 saturated heterocycles. The van der Waals surface area contributed by atoms with Gasteiger partial charge in [-0.15, -0.1) is 0 Å². The van der Waals surface area contributed by atoms with E-state index in [0.29, 0.717) is 17.8 Å². The summed E-state index contributed by atoms with van der Waals surface area (Å²) in [6, 6.07) is 14.1. The number of benzene rings is 2. The Labute approximate surface area is 209 Å². The molecule has 3 rings (SSSR count). The molecule has 0 radical (unpaired) electrons. The number of aromatic nitrogens is 2. The first-order valence-electron chi connectivity index (χ1n) is 9.93. The molecule has 1 aromatic heterocycles. The first kappa shape index (κ1) is 25.5. The third kappa shape index (κ3) is 6.60. The van der Waals surface area contributed by atoms with Crippen LogP contribution in [0.5, 0.6) is 0 Å². The SMILES string of the molecule is CCCSc1ncc(CO)n1Cc1ccc(NC(C(=O)[O-])c2ccccc2C)cc1.[Na+]. The van der Waals surface area contributed by atoms with Gasteiger partial charge in [0.2, 0.25) is 0 Å². The Morgan fingerprint density at radius 2 is 1.94 bits per heavy atom. The molecule has 8 heteroatoms. The van der Waals surface area contributed by atoms with Gasteiger partial charge in [0, 0.05) is 18.0 Å². The minimum atomic E-state index is -1.17. The number of carbonyl (C=O) groups excluding carboxylic acids is 1. The molecule has 1 heterocycles. The summed E-state index contributed by atoms with van der Waals surface area (Å²) in [7, 11) is 0. The van der Waals surface area contributed by atoms with Crippen LogP contribution in [0.25, 0.3) is 0 Å². The zero-order chi connectivity index (χ0) is 21.5. The largest absolute Gasteiger partial charge is 1.00 e. The molecular formula is C23H26N3NaO3S. The molecular weight excluding hydrogens is 421 g/mol. The molecule has 0 aliphatic heterocycles. The number of nitrogens with one attached hydrogen (secondary N) is 1. The molecule has 158 valence electrons. The Morgan fingerprint density at radius 3 is 2.55 bits per heavy atom. The number of carboxylic acid groups (broad SMARTS) is 1. The zero-order valence-corrected chi connectivity index (χ0v) is 21.0. The van der Waals surface area contributed by atoms with E-state index in [4.69, 9.17) is 0 Å². The number of thioether (sulfide) groups is 1. The van der Waals surface area contributed by atoms with Crippen molar-refractivity contribution in [3.8, 4) is 0 Å². The number of nitrogens with zero attached hydrogens (tertiary/aromatic N) is 2. The first-order chi connectivity index (χ1) is 14.5. The van der Waals surface area contributed by atoms with Crippen LogP contribution in [0.3, 0.4) is 0 Å². The van der Waals surface area contributed by atoms with Crippen molar-refractivity contribution in [2.75, 3.05) is 11.1 Å². The number of hydrogen-bond acceptors (Lipinski definition) is 6. The van der Waals surface area contributed by atoms with Crippen molar-refractivity contribution in [2.24, 2.45) is 0 Å². The van der Waals surface area contributed by atoms with E-state index in [9.17, 15) is 15.0 Å². The van der Waals surface area contributed by atoms with Gasteiger partial charge in [-0.25, -0.2) is 4.98 Å². The molecule has 0 saturated carbocycles. The molecule has 0 fully saturated rings. The van der Waals surface area contributed by atoms with Crippen molar-refractivity contribution in [2.45, 2.75) is 44.6 Å². The minimum Gasteiger partial charge on any atom is -0.548 e. The van der Waals surface area contributed by atoms with Crippen LogP contribution in [-0.2, 0) is 17.9 Å². The second-order valence-corrected chi connectivity index (χ2v) is 8.14. The van der Waals surface area contributed by atoms with Crippen LogP contribution in [-0.4, -0.2) is 26.4 Å². The number of aliphatic carboxylic acids is 1. The maximum absolute atomic E-state index is 11.7. The molecule has 3 aromatic rings. The van der Waals surface area contributed by atoms with Gasteiger partial charge in [-0.2, -0.15) is 0 Å². The summed E-state index contributed by atoms with van der Waals surface area (Å²) >= 11 is 1.67. The number of aliphatic hydroxyl groups excluding tert-OH is 1. The number of carboxylic acids is 1. The maximum atomic E-state index is 11.7. The van der Waals surface area contributed by atoms with E-state index in [0.717, 1.165) is 34.2 Å². The molecule has 31 heavy (non-hydrogen) atoms. The van der Waals surface area contributed by atoms with Crippen LogP contribution >= 0.6 is 11.8 Å². The molecule has 1 atom stereocenters. The van der Waals surface area contributed by atoms with Gasteiger partial charge in [-0.1, -0.05) is 55.1 Å². The number of imidazole rings is 1. The van der Waals surface area contributed by atoms with E-state index < -0.39 is 12.0 Å². The molecule has 0 aliphatic rings. The van der Waals surface area contributed by atoms with Gasteiger partial charge in [0.05, 0.1) is 30.5 Å². The number of carbonyl (C=O) groups is 1. The van der Waals surface area contributed by atoms with Crippen LogP contribution in [0.15, 0.2) is 59.9 Å². The third-order valence-electron chi connectivity index (χ3n) is 4.84. The summed E-state index contributed by atoms with van der Waals surface area (Å²) in [6.07, 6.45) is 2.76. The fraction of sp³-hybridized carbons (Fsp3) is 0.304. The van der Waals surface area contributed by atoms with Gasteiger partial charge in [0.1, 0.15) is 0 Å². The van der Waals surface area contributed by atoms with Crippen molar-refractivity contribution >= 4 is 23.4 Å². The van der Waals surface area contributed by atoms with Crippen LogP contribution in [0.4, 0.5) is 5.69 Å². The van der Waals surface area contributed by atoms with Crippen molar-refractivity contribution in [3.05, 3.63) is 77.1 Å². The molecule has 0 bridgehead atoms. The van der Waals surface area contributed by atoms with E-state index in [1.807, 2.05) is 54.0 Å². The van der Waals surface area contributed by atoms with Gasteiger partial charge in [-0.3, -0.25) is 0 Å². The number of hydrogen-bond donors (Lipinski definition) is 2. The maximum Gasteiger partial charge on any atom is 1.00 e. The van der Waals surface area contributed by atoms with E-state index >= 15 is 0 Å². The summed E-state index contributed by atoms with van der Waals surface area (Å²) < 4.78 is 2.01. The van der Waals surface area contributed by atoms with Gasteiger partial charge in [0.15, 0.2) is 5.16 Å². The third-order valence-corrected chi connectivity index (χ3v) is 6.04. The number of anilines is 1. The Balaban J connectivity index is 0.00000341. The average molecular weight is 448 g/mol. The summed E-state index contributed by atoms with van der Waals surface area (Å²) in [5.74, 6) is -0.203. The van der Waals surface area contributed by atoms with Crippen molar-refractivity contribution in [1.82, 2.24) is 9.55 Å². The smallest absolute Gasteiger partial charge is 0.548 e. The van der Waals surface area contributed by atoms with Gasteiger partial charge in [-0.05, 0) is 42.2 Å². The molecule has 0 spiro atoms. The summed E-state index contributed by atoms with van der Waals surface area (Å²) in [5.41, 5.74) is 4.08. The molecule has 0 amide bonds. The molecule has 6 nitrogen and oxygen atoms in total. The topological polar surface area (TPSA) is 90.2 Å². The van der Waals surface area contributed by atoms with Crippen LogP contribution < -0.4 is 40.0 Å². The fourth-order valence-corrected chi connectivity index (χ4v) is 4.08. The Kier molecular flexibility index (Phi) is 10.1. The van der Waals surface area contributed by atoms with Gasteiger partial charge >= 0.3 is 29.6 Å². The molecule has 2 N–H and O–H groups in total. The second-order valence-electron chi connectivity index (χ2n) is 7.07. The normalized spacial score (nSPS) is 11.6. The van der Waals surface area contributed by atoms with Gasteiger partial charge in [0.25, 0.3) is 0 Å². The second kappa shape index (κ2) is 12.3. The van der Waals surface area contributed by atoms with Crippen LogP contribution in [0, 0.1) is 6.92 Å². The predicted molar refractivity (Wildman–Crippen MR) is 117 cm³/mol. The summed E-state index contributed by atoms with van der Waals surface area (Å²) in [5, 5.41) is 25.3. The van der Waals surface area contributed by atoms with Crippen LogP contribution in [0.2, 0.25) is 0 Å². The minimum absolute atomic E-state index is 0. The molecule has 1 unspecified atom stereocenters. The van der Waals surface area contributed by atoms with E-state index in [1.165, 1.54) is 0 Å². The molecule has 0 aliphatic carbocycles. The number of rotatable bonds is 10. The van der Waals surface area contributed by atoms with Crippen LogP contribution in [0.1, 0.15) is 41.8 Å². The zero-order valence-electron chi connectivity index (χ0n) is 18.2. The number of aryl methyl sites for hydroxylation is 1. The fourth-order valence-electron chi connectivity index (χ4n) is 3.23.